The summed E-state index contributed by atoms with van der Waals surface area (Å²) in [6.45, 7) is 8.23. The van der Waals surface area contributed by atoms with E-state index < -0.39 is 0 Å². The highest BCUT2D eigenvalue weighted by Crippen LogP contribution is 2.23. The Morgan fingerprint density at radius 1 is 1.18 bits per heavy atom. The molecule has 22 heavy (non-hydrogen) atoms. The van der Waals surface area contributed by atoms with Gasteiger partial charge in [-0.15, -0.1) is 0 Å². The van der Waals surface area contributed by atoms with Crippen LogP contribution in [0.4, 0.5) is 11.4 Å². The van der Waals surface area contributed by atoms with Crippen molar-refractivity contribution in [3.8, 4) is 0 Å². The summed E-state index contributed by atoms with van der Waals surface area (Å²) in [5, 5.41) is 2.92. The number of carbonyl (C=O) groups is 1. The molecule has 0 bridgehead atoms. The molecule has 1 aromatic carbocycles. The Hall–Kier alpha value is -2.07. The van der Waals surface area contributed by atoms with Gasteiger partial charge in [0.1, 0.15) is 0 Å². The number of benzene rings is 1. The highest BCUT2D eigenvalue weighted by molar-refractivity contribution is 6.00. The first-order valence-corrected chi connectivity index (χ1v) is 7.74. The van der Waals surface area contributed by atoms with Crippen LogP contribution in [0.25, 0.3) is 0 Å². The maximum Gasteiger partial charge on any atom is 0.248 e. The van der Waals surface area contributed by atoms with Crippen molar-refractivity contribution in [3.63, 3.8) is 0 Å². The van der Waals surface area contributed by atoms with Crippen LogP contribution >= 0.6 is 0 Å². The van der Waals surface area contributed by atoms with E-state index >= 15 is 0 Å². The number of allylic oxidation sites excluding steroid dienone is 3. The van der Waals surface area contributed by atoms with E-state index in [1.54, 1.807) is 6.08 Å². The zero-order chi connectivity index (χ0) is 15.9. The molecule has 0 spiro atoms. The number of hydrogen-bond acceptors (Lipinski definition) is 3. The molecule has 4 heteroatoms. The van der Waals surface area contributed by atoms with Gasteiger partial charge in [0.2, 0.25) is 5.91 Å². The third-order valence-electron chi connectivity index (χ3n) is 3.89. The molecule has 2 rings (SSSR count). The van der Waals surface area contributed by atoms with E-state index in [0.717, 1.165) is 37.4 Å². The number of hydrogen-bond donors (Lipinski definition) is 1. The zero-order valence-corrected chi connectivity index (χ0v) is 13.7. The zero-order valence-electron chi connectivity index (χ0n) is 13.7. The predicted molar refractivity (Wildman–Crippen MR) is 93.5 cm³/mol. The molecular weight excluding hydrogens is 274 g/mol. The number of amides is 1. The van der Waals surface area contributed by atoms with Crippen LogP contribution in [0.1, 0.15) is 12.5 Å². The lowest BCUT2D eigenvalue weighted by Gasteiger charge is -2.34. The number of aryl methyl sites for hydroxylation is 1. The number of anilines is 2. The van der Waals surface area contributed by atoms with Crippen LogP contribution in [-0.4, -0.2) is 44.0 Å². The fourth-order valence-corrected chi connectivity index (χ4v) is 2.48. The van der Waals surface area contributed by atoms with E-state index in [4.69, 9.17) is 0 Å². The van der Waals surface area contributed by atoms with Gasteiger partial charge in [-0.1, -0.05) is 18.2 Å². The molecule has 0 aromatic heterocycles. The standard InChI is InChI=1S/C18H25N3O/c1-4-5-6-7-18(22)19-17-9-8-16(14-15(17)2)21-12-10-20(3)11-13-21/h4-9,14H,10-13H2,1-3H3,(H,19,22)/b5-4+,7-6+. The summed E-state index contributed by atoms with van der Waals surface area (Å²) in [5.41, 5.74) is 3.19. The predicted octanol–water partition coefficient (Wildman–Crippen LogP) is 2.82. The van der Waals surface area contributed by atoms with Crippen molar-refractivity contribution in [1.82, 2.24) is 4.90 Å². The molecule has 1 fully saturated rings. The minimum Gasteiger partial charge on any atom is -0.369 e. The molecule has 0 unspecified atom stereocenters. The Balaban J connectivity index is 2.02. The summed E-state index contributed by atoms with van der Waals surface area (Å²) in [6, 6.07) is 6.23. The van der Waals surface area contributed by atoms with E-state index in [-0.39, 0.29) is 5.91 Å². The molecule has 1 N–H and O–H groups in total. The van der Waals surface area contributed by atoms with Crippen molar-refractivity contribution >= 4 is 17.3 Å². The van der Waals surface area contributed by atoms with Crippen LogP contribution in [-0.2, 0) is 4.79 Å². The second-order valence-corrected chi connectivity index (χ2v) is 5.66. The lowest BCUT2D eigenvalue weighted by atomic mass is 10.1. The molecule has 1 aliphatic rings. The first-order valence-electron chi connectivity index (χ1n) is 7.74. The molecule has 1 heterocycles. The number of carbonyl (C=O) groups excluding carboxylic acids is 1. The average molecular weight is 299 g/mol. The molecule has 0 aliphatic carbocycles. The van der Waals surface area contributed by atoms with Gasteiger partial charge in [-0.05, 0) is 44.7 Å². The number of nitrogens with one attached hydrogen (secondary N) is 1. The van der Waals surface area contributed by atoms with Gasteiger partial charge in [0.25, 0.3) is 0 Å². The first kappa shape index (κ1) is 16.3. The maximum absolute atomic E-state index is 11.8. The Morgan fingerprint density at radius 3 is 2.55 bits per heavy atom. The van der Waals surface area contributed by atoms with Gasteiger partial charge in [0.15, 0.2) is 0 Å². The van der Waals surface area contributed by atoms with Crippen LogP contribution in [0.5, 0.6) is 0 Å². The second-order valence-electron chi connectivity index (χ2n) is 5.66. The second kappa shape index (κ2) is 7.80. The van der Waals surface area contributed by atoms with Crippen LogP contribution in [0.2, 0.25) is 0 Å². The molecule has 1 aliphatic heterocycles. The molecule has 1 saturated heterocycles. The minimum absolute atomic E-state index is 0.103. The molecule has 118 valence electrons. The van der Waals surface area contributed by atoms with Gasteiger partial charge in [-0.3, -0.25) is 4.79 Å². The lowest BCUT2D eigenvalue weighted by molar-refractivity contribution is -0.111. The quantitative estimate of drug-likeness (QED) is 0.686. The van der Waals surface area contributed by atoms with Gasteiger partial charge in [-0.25, -0.2) is 0 Å². The van der Waals surface area contributed by atoms with E-state index in [9.17, 15) is 4.79 Å². The molecule has 1 amide bonds. The van der Waals surface area contributed by atoms with Crippen LogP contribution in [0.15, 0.2) is 42.5 Å². The topological polar surface area (TPSA) is 35.6 Å². The molecular formula is C18H25N3O. The summed E-state index contributed by atoms with van der Waals surface area (Å²) >= 11 is 0. The summed E-state index contributed by atoms with van der Waals surface area (Å²) in [6.07, 6.45) is 7.00. The number of nitrogens with zero attached hydrogens (tertiary/aromatic N) is 2. The van der Waals surface area contributed by atoms with Crippen molar-refractivity contribution in [2.45, 2.75) is 13.8 Å². The van der Waals surface area contributed by atoms with Gasteiger partial charge in [0.05, 0.1) is 0 Å². The number of rotatable bonds is 4. The number of likely N-dealkylation sites (N-methyl/N-ethyl adjacent to an activating group) is 1. The van der Waals surface area contributed by atoms with Crippen molar-refractivity contribution < 1.29 is 4.79 Å². The Labute approximate surface area is 133 Å². The monoisotopic (exact) mass is 299 g/mol. The van der Waals surface area contributed by atoms with Gasteiger partial charge >= 0.3 is 0 Å². The van der Waals surface area contributed by atoms with Gasteiger partial charge < -0.3 is 15.1 Å². The van der Waals surface area contributed by atoms with E-state index in [1.165, 1.54) is 11.8 Å². The summed E-state index contributed by atoms with van der Waals surface area (Å²) in [5.74, 6) is -0.103. The highest BCUT2D eigenvalue weighted by atomic mass is 16.1. The third kappa shape index (κ3) is 4.46. The fourth-order valence-electron chi connectivity index (χ4n) is 2.48. The average Bonchev–Trinajstić information content (AvgIpc) is 2.50. The van der Waals surface area contributed by atoms with E-state index in [2.05, 4.69) is 34.3 Å². The SMILES string of the molecule is C/C=C/C=C/C(=O)Nc1ccc(N2CCN(C)CC2)cc1C. The summed E-state index contributed by atoms with van der Waals surface area (Å²) in [4.78, 5) is 16.6. The molecule has 0 radical (unpaired) electrons. The van der Waals surface area contributed by atoms with Crippen molar-refractivity contribution in [2.75, 3.05) is 43.4 Å². The van der Waals surface area contributed by atoms with Crippen molar-refractivity contribution in [1.29, 1.82) is 0 Å². The van der Waals surface area contributed by atoms with Crippen LogP contribution < -0.4 is 10.2 Å². The summed E-state index contributed by atoms with van der Waals surface area (Å²) in [7, 11) is 2.16. The van der Waals surface area contributed by atoms with E-state index in [0.29, 0.717) is 0 Å². The first-order chi connectivity index (χ1) is 10.6. The maximum atomic E-state index is 11.8. The minimum atomic E-state index is -0.103. The van der Waals surface area contributed by atoms with Crippen molar-refractivity contribution in [2.24, 2.45) is 0 Å². The Bertz CT molecular complexity index is 570. The van der Waals surface area contributed by atoms with Crippen molar-refractivity contribution in [3.05, 3.63) is 48.1 Å². The summed E-state index contributed by atoms with van der Waals surface area (Å²) < 4.78 is 0. The fraction of sp³-hybridized carbons (Fsp3) is 0.389. The largest absolute Gasteiger partial charge is 0.369 e. The highest BCUT2D eigenvalue weighted by Gasteiger charge is 2.14. The van der Waals surface area contributed by atoms with Gasteiger partial charge in [-0.2, -0.15) is 0 Å². The van der Waals surface area contributed by atoms with Crippen LogP contribution in [0, 0.1) is 6.92 Å². The smallest absolute Gasteiger partial charge is 0.248 e. The third-order valence-corrected chi connectivity index (χ3v) is 3.89. The number of piperazine rings is 1. The Kier molecular flexibility index (Phi) is 5.78. The normalized spacial score (nSPS) is 16.6. The van der Waals surface area contributed by atoms with Gasteiger partial charge in [0, 0.05) is 43.6 Å². The van der Waals surface area contributed by atoms with E-state index in [1.807, 2.05) is 32.1 Å². The molecule has 0 saturated carbocycles. The molecule has 0 atom stereocenters. The Morgan fingerprint density at radius 2 is 1.91 bits per heavy atom. The molecule has 4 nitrogen and oxygen atoms in total. The molecule has 1 aromatic rings. The van der Waals surface area contributed by atoms with Crippen LogP contribution in [0.3, 0.4) is 0 Å². The lowest BCUT2D eigenvalue weighted by Crippen LogP contribution is -2.44.